The first-order chi connectivity index (χ1) is 12.7. The minimum absolute atomic E-state index is 0.250. The first-order valence-corrected chi connectivity index (χ1v) is 9.05. The second kappa shape index (κ2) is 8.56. The second-order valence-electron chi connectivity index (χ2n) is 6.72. The van der Waals surface area contributed by atoms with E-state index in [1.165, 1.54) is 19.1 Å². The topological polar surface area (TPSA) is 69.9 Å². The van der Waals surface area contributed by atoms with Gasteiger partial charge in [0.25, 0.3) is 5.91 Å². The highest BCUT2D eigenvalue weighted by Gasteiger charge is 2.19. The molecule has 1 atom stereocenters. The molecule has 1 aromatic heterocycles. The fourth-order valence-corrected chi connectivity index (χ4v) is 3.20. The van der Waals surface area contributed by atoms with Crippen LogP contribution in [0.2, 0.25) is 0 Å². The van der Waals surface area contributed by atoms with E-state index in [1.807, 2.05) is 31.3 Å². The highest BCUT2D eigenvalue weighted by atomic mass is 16.3. The van der Waals surface area contributed by atoms with Crippen molar-refractivity contribution in [3.05, 3.63) is 54.0 Å². The van der Waals surface area contributed by atoms with Gasteiger partial charge in [-0.25, -0.2) is 0 Å². The molecule has 0 radical (unpaired) electrons. The molecule has 138 valence electrons. The monoisotopic (exact) mass is 354 g/mol. The van der Waals surface area contributed by atoms with Crippen molar-refractivity contribution in [2.45, 2.75) is 26.3 Å². The van der Waals surface area contributed by atoms with Gasteiger partial charge in [0.15, 0.2) is 11.7 Å². The number of amides is 1. The van der Waals surface area contributed by atoms with Crippen molar-refractivity contribution in [1.82, 2.24) is 10.2 Å². The maximum Gasteiger partial charge on any atom is 0.291 e. The number of benzene rings is 1. The number of piperidine rings is 1. The molecule has 2 N–H and O–H groups in total. The van der Waals surface area contributed by atoms with Gasteiger partial charge in [0.1, 0.15) is 0 Å². The van der Waals surface area contributed by atoms with Gasteiger partial charge in [-0.15, -0.1) is 0 Å². The number of nitrogens with one attached hydrogen (secondary N) is 2. The molecule has 1 amide bonds. The lowest BCUT2D eigenvalue weighted by molar-refractivity contribution is 0.0996. The van der Waals surface area contributed by atoms with Gasteiger partial charge in [0.2, 0.25) is 0 Å². The molecule has 1 unspecified atom stereocenters. The van der Waals surface area contributed by atoms with Gasteiger partial charge in [0, 0.05) is 32.4 Å². The maximum atomic E-state index is 12.0. The summed E-state index contributed by atoms with van der Waals surface area (Å²) in [4.78, 5) is 18.7. The van der Waals surface area contributed by atoms with Gasteiger partial charge in [0.05, 0.1) is 6.26 Å². The molecule has 0 spiro atoms. The van der Waals surface area contributed by atoms with Gasteiger partial charge >= 0.3 is 0 Å². The SMILES string of the molecule is CN=C(NCc1ccc(NC(=O)c2ccco2)cc1)N1CCCC(C)C1. The smallest absolute Gasteiger partial charge is 0.291 e. The van der Waals surface area contributed by atoms with E-state index >= 15 is 0 Å². The third kappa shape index (κ3) is 4.65. The quantitative estimate of drug-likeness (QED) is 0.653. The summed E-state index contributed by atoms with van der Waals surface area (Å²) < 4.78 is 5.09. The van der Waals surface area contributed by atoms with Gasteiger partial charge in [-0.3, -0.25) is 9.79 Å². The summed E-state index contributed by atoms with van der Waals surface area (Å²) in [7, 11) is 1.83. The summed E-state index contributed by atoms with van der Waals surface area (Å²) in [5.74, 6) is 1.71. The predicted octanol–water partition coefficient (Wildman–Crippen LogP) is 3.34. The van der Waals surface area contributed by atoms with Crippen molar-refractivity contribution in [3.8, 4) is 0 Å². The lowest BCUT2D eigenvalue weighted by Crippen LogP contribution is -2.45. The van der Waals surface area contributed by atoms with Gasteiger partial charge in [-0.1, -0.05) is 19.1 Å². The van der Waals surface area contributed by atoms with Gasteiger partial charge in [-0.2, -0.15) is 0 Å². The molecule has 3 rings (SSSR count). The number of carbonyl (C=O) groups is 1. The van der Waals surface area contributed by atoms with Crippen LogP contribution in [0, 0.1) is 5.92 Å². The fourth-order valence-electron chi connectivity index (χ4n) is 3.20. The van der Waals surface area contributed by atoms with Crippen molar-refractivity contribution >= 4 is 17.6 Å². The maximum absolute atomic E-state index is 12.0. The minimum atomic E-state index is -0.250. The Morgan fingerprint density at radius 3 is 2.77 bits per heavy atom. The number of guanidine groups is 1. The molecule has 2 heterocycles. The van der Waals surface area contributed by atoms with Crippen LogP contribution in [0.25, 0.3) is 0 Å². The largest absolute Gasteiger partial charge is 0.459 e. The molecule has 1 aromatic carbocycles. The van der Waals surface area contributed by atoms with Gasteiger partial charge in [-0.05, 0) is 48.6 Å². The Balaban J connectivity index is 1.53. The molecule has 1 saturated heterocycles. The lowest BCUT2D eigenvalue weighted by atomic mass is 10.0. The Morgan fingerprint density at radius 1 is 1.31 bits per heavy atom. The van der Waals surface area contributed by atoms with Crippen molar-refractivity contribution in [2.75, 3.05) is 25.5 Å². The van der Waals surface area contributed by atoms with E-state index in [0.29, 0.717) is 18.2 Å². The highest BCUT2D eigenvalue weighted by molar-refractivity contribution is 6.02. The van der Waals surface area contributed by atoms with Crippen LogP contribution in [0.3, 0.4) is 0 Å². The van der Waals surface area contributed by atoms with Crippen LogP contribution in [0.5, 0.6) is 0 Å². The van der Waals surface area contributed by atoms with Crippen molar-refractivity contribution in [2.24, 2.45) is 10.9 Å². The Morgan fingerprint density at radius 2 is 2.12 bits per heavy atom. The molecule has 1 fully saturated rings. The van der Waals surface area contributed by atoms with E-state index in [9.17, 15) is 4.79 Å². The average Bonchev–Trinajstić information content (AvgIpc) is 3.18. The predicted molar refractivity (Wildman–Crippen MR) is 103 cm³/mol. The van der Waals surface area contributed by atoms with Crippen molar-refractivity contribution in [1.29, 1.82) is 0 Å². The molecule has 6 nitrogen and oxygen atoms in total. The summed E-state index contributed by atoms with van der Waals surface area (Å²) in [6.45, 7) is 5.10. The number of anilines is 1. The average molecular weight is 354 g/mol. The van der Waals surface area contributed by atoms with Crippen LogP contribution in [0.4, 0.5) is 5.69 Å². The summed E-state index contributed by atoms with van der Waals surface area (Å²) in [5, 5.41) is 6.25. The number of aliphatic imine (C=N–C) groups is 1. The van der Waals surface area contributed by atoms with E-state index in [2.05, 4.69) is 27.4 Å². The number of rotatable bonds is 4. The van der Waals surface area contributed by atoms with Crippen molar-refractivity contribution < 1.29 is 9.21 Å². The first kappa shape index (κ1) is 18.0. The Kier molecular flexibility index (Phi) is 5.94. The Labute approximate surface area is 154 Å². The molecule has 0 aliphatic carbocycles. The zero-order valence-corrected chi connectivity index (χ0v) is 15.4. The third-order valence-electron chi connectivity index (χ3n) is 4.58. The Hall–Kier alpha value is -2.76. The number of carbonyl (C=O) groups excluding carboxylic acids is 1. The van der Waals surface area contributed by atoms with E-state index < -0.39 is 0 Å². The molecule has 2 aromatic rings. The van der Waals surface area contributed by atoms with E-state index in [-0.39, 0.29) is 5.91 Å². The fraction of sp³-hybridized carbons (Fsp3) is 0.400. The van der Waals surface area contributed by atoms with Crippen LogP contribution in [-0.2, 0) is 6.54 Å². The van der Waals surface area contributed by atoms with Crippen LogP contribution >= 0.6 is 0 Å². The van der Waals surface area contributed by atoms with Crippen LogP contribution < -0.4 is 10.6 Å². The molecular weight excluding hydrogens is 328 g/mol. The number of hydrogen-bond acceptors (Lipinski definition) is 3. The second-order valence-corrected chi connectivity index (χ2v) is 6.72. The summed E-state index contributed by atoms with van der Waals surface area (Å²) in [6, 6.07) is 11.1. The highest BCUT2D eigenvalue weighted by Crippen LogP contribution is 2.16. The van der Waals surface area contributed by atoms with Gasteiger partial charge < -0.3 is 20.0 Å². The van der Waals surface area contributed by atoms with Crippen LogP contribution in [-0.4, -0.2) is 36.9 Å². The summed E-state index contributed by atoms with van der Waals surface area (Å²) >= 11 is 0. The molecule has 26 heavy (non-hydrogen) atoms. The number of likely N-dealkylation sites (tertiary alicyclic amines) is 1. The van der Waals surface area contributed by atoms with E-state index in [4.69, 9.17) is 4.42 Å². The minimum Gasteiger partial charge on any atom is -0.459 e. The van der Waals surface area contributed by atoms with Crippen LogP contribution in [0.15, 0.2) is 52.1 Å². The number of nitrogens with zero attached hydrogens (tertiary/aromatic N) is 2. The number of hydrogen-bond donors (Lipinski definition) is 2. The lowest BCUT2D eigenvalue weighted by Gasteiger charge is -2.33. The third-order valence-corrected chi connectivity index (χ3v) is 4.58. The van der Waals surface area contributed by atoms with Crippen LogP contribution in [0.1, 0.15) is 35.9 Å². The van der Waals surface area contributed by atoms with E-state index in [1.54, 1.807) is 12.1 Å². The molecule has 1 aliphatic heterocycles. The molecular formula is C20H26N4O2. The molecule has 6 heteroatoms. The zero-order valence-electron chi connectivity index (χ0n) is 15.4. The molecule has 0 saturated carbocycles. The van der Waals surface area contributed by atoms with Crippen molar-refractivity contribution in [3.63, 3.8) is 0 Å². The normalized spacial score (nSPS) is 17.8. The number of furan rings is 1. The summed E-state index contributed by atoms with van der Waals surface area (Å²) in [6.07, 6.45) is 3.99. The molecule has 0 bridgehead atoms. The summed E-state index contributed by atoms with van der Waals surface area (Å²) in [5.41, 5.74) is 1.87. The first-order valence-electron chi connectivity index (χ1n) is 9.05. The van der Waals surface area contributed by atoms with E-state index in [0.717, 1.165) is 30.3 Å². The standard InChI is InChI=1S/C20H26N4O2/c1-15-5-3-11-24(14-15)20(21-2)22-13-16-7-9-17(10-8-16)23-19(25)18-6-4-12-26-18/h4,6-10,12,15H,3,5,11,13-14H2,1-2H3,(H,21,22)(H,23,25). The molecule has 1 aliphatic rings. The Bertz CT molecular complexity index is 738. The zero-order chi connectivity index (χ0) is 18.4.